The predicted octanol–water partition coefficient (Wildman–Crippen LogP) is 8.20. The van der Waals surface area contributed by atoms with Crippen molar-refractivity contribution in [3.05, 3.63) is 72.1 Å². The van der Waals surface area contributed by atoms with E-state index in [-0.39, 0.29) is 38.7 Å². The Hall–Kier alpha value is -3.71. The van der Waals surface area contributed by atoms with Gasteiger partial charge in [-0.1, -0.05) is 37.0 Å². The highest BCUT2D eigenvalue weighted by Gasteiger charge is 2.42. The van der Waals surface area contributed by atoms with Crippen molar-refractivity contribution in [3.63, 3.8) is 0 Å². The number of rotatable bonds is 7. The van der Waals surface area contributed by atoms with Crippen molar-refractivity contribution in [3.8, 4) is 5.69 Å². The van der Waals surface area contributed by atoms with Crippen LogP contribution in [-0.2, 0) is 23.5 Å². The maximum atomic E-state index is 13.6. The topological polar surface area (TPSA) is 139 Å². The largest absolute Gasteiger partial charge is 0.465 e. The summed E-state index contributed by atoms with van der Waals surface area (Å²) in [4.78, 5) is 29.2. The Morgan fingerprint density at radius 1 is 1.15 bits per heavy atom. The van der Waals surface area contributed by atoms with Gasteiger partial charge in [-0.05, 0) is 30.0 Å². The number of carbonyl (C=O) groups excluding carboxylic acids is 1. The predicted molar refractivity (Wildman–Crippen MR) is 158 cm³/mol. The summed E-state index contributed by atoms with van der Waals surface area (Å²) in [6.07, 6.45) is -12.1. The third-order valence-corrected chi connectivity index (χ3v) is 7.71. The van der Waals surface area contributed by atoms with Gasteiger partial charge >= 0.3 is 24.0 Å². The Kier molecular flexibility index (Phi) is 11.7. The van der Waals surface area contributed by atoms with Crippen molar-refractivity contribution in [2.45, 2.75) is 39.0 Å². The molecule has 0 saturated heterocycles. The number of methoxy groups -OCH3 is 1. The average molecular weight is 737 g/mol. The minimum absolute atomic E-state index is 0.0231. The summed E-state index contributed by atoms with van der Waals surface area (Å²) in [5.74, 6) is -1.26. The van der Waals surface area contributed by atoms with Crippen LogP contribution in [0.3, 0.4) is 0 Å². The Balaban J connectivity index is 0.000000261. The minimum Gasteiger partial charge on any atom is -0.465 e. The van der Waals surface area contributed by atoms with E-state index in [1.54, 1.807) is 13.8 Å². The minimum atomic E-state index is -4.97. The number of halogens is 10. The molecule has 3 heterocycles. The van der Waals surface area contributed by atoms with Gasteiger partial charge in [0.2, 0.25) is 5.82 Å². The first kappa shape index (κ1) is 37.7. The molecule has 3 aromatic rings. The normalized spacial score (nSPS) is 13.5. The number of carbonyl (C=O) groups is 1. The smallest absolute Gasteiger partial charge is 0.434 e. The lowest BCUT2D eigenvalue weighted by Crippen LogP contribution is -2.24. The molecule has 0 fully saturated rings. The van der Waals surface area contributed by atoms with Crippen LogP contribution in [-0.4, -0.2) is 50.1 Å². The molecule has 10 nitrogen and oxygen atoms in total. The maximum absolute atomic E-state index is 13.6. The first-order valence-corrected chi connectivity index (χ1v) is 14.7. The number of aromatic nitrogens is 3. The molecule has 47 heavy (non-hydrogen) atoms. The van der Waals surface area contributed by atoms with Gasteiger partial charge in [0.05, 0.1) is 33.2 Å². The highest BCUT2D eigenvalue weighted by Crippen LogP contribution is 2.41. The molecule has 21 heteroatoms. The van der Waals surface area contributed by atoms with Crippen LogP contribution in [0.2, 0.25) is 10.0 Å². The fraction of sp³-hybridized carbons (Fsp3) is 0.385. The molecule has 1 aliphatic rings. The summed E-state index contributed by atoms with van der Waals surface area (Å²) in [7, 11) is 0.982. The monoisotopic (exact) mass is 736 g/mol. The number of anilines is 1. The lowest BCUT2D eigenvalue weighted by molar-refractivity contribution is -0.383. The number of nitrogens with two attached hydrogens (primary N) is 1. The molecule has 1 aliphatic heterocycles. The average Bonchev–Trinajstić information content (AvgIpc) is 3.61. The lowest BCUT2D eigenvalue weighted by Gasteiger charge is -2.22. The van der Waals surface area contributed by atoms with Crippen molar-refractivity contribution < 1.29 is 49.6 Å². The molecule has 2 aromatic heterocycles. The van der Waals surface area contributed by atoms with E-state index in [2.05, 4.69) is 19.8 Å². The molecular formula is C26H22Cl2F8N6O4S. The maximum Gasteiger partial charge on any atom is 0.434 e. The quantitative estimate of drug-likeness (QED) is 0.111. The molecule has 1 aromatic carbocycles. The Labute approximate surface area is 274 Å². The van der Waals surface area contributed by atoms with E-state index in [1.165, 1.54) is 0 Å². The van der Waals surface area contributed by atoms with Crippen LogP contribution < -0.4 is 5.73 Å². The molecule has 4 rings (SSSR count). The fourth-order valence-electron chi connectivity index (χ4n) is 4.28. The molecule has 0 aliphatic carbocycles. The number of pyridine rings is 1. The molecule has 0 saturated carbocycles. The second-order valence-corrected chi connectivity index (χ2v) is 11.8. The summed E-state index contributed by atoms with van der Waals surface area (Å²) in [6, 6.07) is 1.27. The molecule has 2 N–H and O–H groups in total. The molecule has 0 unspecified atom stereocenters. The van der Waals surface area contributed by atoms with Gasteiger partial charge in [0, 0.05) is 17.9 Å². The first-order valence-electron chi connectivity index (χ1n) is 12.9. The Morgan fingerprint density at radius 2 is 1.74 bits per heavy atom. The lowest BCUT2D eigenvalue weighted by atomic mass is 9.91. The van der Waals surface area contributed by atoms with E-state index in [0.29, 0.717) is 24.4 Å². The van der Waals surface area contributed by atoms with Crippen molar-refractivity contribution in [2.24, 2.45) is 10.9 Å². The van der Waals surface area contributed by atoms with Crippen LogP contribution in [0.4, 0.5) is 46.6 Å². The third-order valence-electron chi connectivity index (χ3n) is 6.14. The van der Waals surface area contributed by atoms with Gasteiger partial charge in [-0.2, -0.15) is 31.4 Å². The number of benzene rings is 1. The summed E-state index contributed by atoms with van der Waals surface area (Å²) in [6.45, 7) is 3.73. The number of esters is 1. The third kappa shape index (κ3) is 8.42. The number of hydrogen-bond acceptors (Lipinski definition) is 9. The summed E-state index contributed by atoms with van der Waals surface area (Å²) >= 11 is 12.6. The van der Waals surface area contributed by atoms with E-state index >= 15 is 0 Å². The number of alkyl halides is 8. The van der Waals surface area contributed by atoms with Crippen LogP contribution in [0, 0.1) is 16.0 Å². The molecule has 256 valence electrons. The SMILES string of the molecule is COC(=O)c1c(C(F)F)nc(C(F)(F)F)c(C2=NCCS2)c1CC(C)C.Nc1c([N+](=O)[O-])cnn1-c1c(Cl)cc(C(F)(F)F)cc1Cl. The van der Waals surface area contributed by atoms with Crippen LogP contribution in [0.1, 0.15) is 58.7 Å². The number of nitrogen functional groups attached to an aromatic ring is 1. The van der Waals surface area contributed by atoms with Crippen LogP contribution >= 0.6 is 35.0 Å². The highest BCUT2D eigenvalue weighted by molar-refractivity contribution is 8.14. The summed E-state index contributed by atoms with van der Waals surface area (Å²) in [5, 5.41) is 13.6. The molecule has 0 atom stereocenters. The van der Waals surface area contributed by atoms with Gasteiger partial charge in [-0.15, -0.1) is 11.8 Å². The van der Waals surface area contributed by atoms with Crippen LogP contribution in [0.5, 0.6) is 0 Å². The zero-order valence-electron chi connectivity index (χ0n) is 24.1. The number of nitro groups is 1. The van der Waals surface area contributed by atoms with E-state index in [0.717, 1.165) is 29.8 Å². The van der Waals surface area contributed by atoms with Crippen molar-refractivity contribution in [2.75, 3.05) is 25.1 Å². The highest BCUT2D eigenvalue weighted by atomic mass is 35.5. The Bertz CT molecular complexity index is 1690. The van der Waals surface area contributed by atoms with Gasteiger partial charge < -0.3 is 10.5 Å². The second-order valence-electron chi connectivity index (χ2n) is 9.87. The second kappa shape index (κ2) is 14.6. The van der Waals surface area contributed by atoms with E-state index in [4.69, 9.17) is 28.9 Å². The van der Waals surface area contributed by atoms with Gasteiger partial charge in [-0.3, -0.25) is 15.1 Å². The van der Waals surface area contributed by atoms with E-state index in [1.807, 2.05) is 0 Å². The van der Waals surface area contributed by atoms with Gasteiger partial charge in [0.15, 0.2) is 5.69 Å². The number of nitrogens with zero attached hydrogens (tertiary/aromatic N) is 5. The van der Waals surface area contributed by atoms with Crippen LogP contribution in [0.15, 0.2) is 23.3 Å². The molecular weight excluding hydrogens is 715 g/mol. The zero-order valence-corrected chi connectivity index (χ0v) is 26.5. The number of thioether (sulfide) groups is 1. The Morgan fingerprint density at radius 3 is 2.15 bits per heavy atom. The van der Waals surface area contributed by atoms with Crippen LogP contribution in [0.25, 0.3) is 5.69 Å². The van der Waals surface area contributed by atoms with Gasteiger partial charge in [0.1, 0.15) is 22.6 Å². The van der Waals surface area contributed by atoms with Crippen molar-refractivity contribution in [1.29, 1.82) is 0 Å². The molecule has 0 amide bonds. The zero-order chi connectivity index (χ0) is 35.6. The first-order chi connectivity index (χ1) is 21.7. The summed E-state index contributed by atoms with van der Waals surface area (Å²) in [5.41, 5.74) is -0.00837. The fourth-order valence-corrected chi connectivity index (χ4v) is 5.85. The standard InChI is InChI=1S/C16H17F5N2O2S.C10H5Cl2F3N4O2/c1-7(2)6-8-9(15(24)25-3)11(13(17)18)23-12(16(19,20)21)10(8)14-22-4-5-26-14;11-5-1-4(10(13,14)15)2-6(12)8(5)18-9(16)7(3-17-18)19(20)21/h7,13H,4-6H2,1-3H3;1-3H,16H2. The number of aliphatic imine (C=N–C) groups is 1. The van der Waals surface area contributed by atoms with Gasteiger partial charge in [-0.25, -0.2) is 23.2 Å². The van der Waals surface area contributed by atoms with Crippen molar-refractivity contribution in [1.82, 2.24) is 14.8 Å². The number of hydrogen-bond donors (Lipinski definition) is 1. The summed E-state index contributed by atoms with van der Waals surface area (Å²) < 4.78 is 111. The molecule has 0 spiro atoms. The van der Waals surface area contributed by atoms with E-state index < -0.39 is 69.3 Å². The molecule has 0 radical (unpaired) electrons. The van der Waals surface area contributed by atoms with Gasteiger partial charge in [0.25, 0.3) is 6.43 Å². The van der Waals surface area contributed by atoms with Crippen molar-refractivity contribution >= 4 is 57.5 Å². The molecule has 0 bridgehead atoms. The number of ether oxygens (including phenoxy) is 1. The van der Waals surface area contributed by atoms with E-state index in [9.17, 15) is 50.0 Å².